The molecule has 0 amide bonds. The van der Waals surface area contributed by atoms with E-state index in [1.807, 2.05) is 43.3 Å². The summed E-state index contributed by atoms with van der Waals surface area (Å²) < 4.78 is 21.9. The molecule has 8 heteroatoms. The molecule has 2 N–H and O–H groups in total. The fourth-order valence-electron chi connectivity index (χ4n) is 2.71. The van der Waals surface area contributed by atoms with Crippen LogP contribution in [0.25, 0.3) is 0 Å². The lowest BCUT2D eigenvalue weighted by molar-refractivity contribution is 0.322. The van der Waals surface area contributed by atoms with Gasteiger partial charge < -0.3 is 29.6 Å². The number of hydrogen-bond donors (Lipinski definition) is 2. The first kappa shape index (κ1) is 25.7. The minimum Gasteiger partial charge on any atom is -0.493 e. The Balaban J connectivity index is 0.00000450. The number of methoxy groups -OCH3 is 3. The molecule has 0 aliphatic heterocycles. The first-order valence-corrected chi connectivity index (χ1v) is 9.61. The quantitative estimate of drug-likeness (QED) is 0.211. The molecule has 0 heterocycles. The average molecular weight is 529 g/mol. The number of guanidine groups is 1. The van der Waals surface area contributed by atoms with Crippen LogP contribution in [0.2, 0.25) is 0 Å². The van der Waals surface area contributed by atoms with Gasteiger partial charge in [-0.05, 0) is 43.7 Å². The van der Waals surface area contributed by atoms with Crippen LogP contribution in [0.3, 0.4) is 0 Å². The van der Waals surface area contributed by atoms with Crippen LogP contribution in [0.5, 0.6) is 23.0 Å². The van der Waals surface area contributed by atoms with Crippen molar-refractivity contribution in [1.29, 1.82) is 0 Å². The molecule has 2 aromatic carbocycles. The zero-order valence-electron chi connectivity index (χ0n) is 18.3. The molecular weight excluding hydrogens is 497 g/mol. The van der Waals surface area contributed by atoms with Gasteiger partial charge in [-0.3, -0.25) is 0 Å². The number of halogens is 1. The maximum Gasteiger partial charge on any atom is 0.203 e. The van der Waals surface area contributed by atoms with Crippen LogP contribution in [0, 0.1) is 6.92 Å². The van der Waals surface area contributed by atoms with Gasteiger partial charge >= 0.3 is 0 Å². The third-order valence-corrected chi connectivity index (χ3v) is 4.17. The van der Waals surface area contributed by atoms with Gasteiger partial charge in [-0.15, -0.1) is 24.0 Å². The van der Waals surface area contributed by atoms with Crippen LogP contribution in [0.1, 0.15) is 18.1 Å². The lowest BCUT2D eigenvalue weighted by Crippen LogP contribution is -2.39. The van der Waals surface area contributed by atoms with Crippen LogP contribution < -0.4 is 29.6 Å². The molecule has 0 saturated carbocycles. The average Bonchev–Trinajstić information content (AvgIpc) is 2.75. The lowest BCUT2D eigenvalue weighted by Gasteiger charge is -2.14. The molecule has 0 aliphatic carbocycles. The van der Waals surface area contributed by atoms with Crippen molar-refractivity contribution in [2.24, 2.45) is 4.99 Å². The maximum absolute atomic E-state index is 5.75. The molecule has 0 fully saturated rings. The number of rotatable bonds is 10. The van der Waals surface area contributed by atoms with Crippen molar-refractivity contribution in [2.75, 3.05) is 41.0 Å². The molecule has 2 rings (SSSR count). The highest BCUT2D eigenvalue weighted by atomic mass is 127. The molecule has 30 heavy (non-hydrogen) atoms. The highest BCUT2D eigenvalue weighted by molar-refractivity contribution is 14.0. The van der Waals surface area contributed by atoms with Crippen LogP contribution in [-0.2, 0) is 6.54 Å². The third-order valence-electron chi connectivity index (χ3n) is 4.17. The van der Waals surface area contributed by atoms with Crippen LogP contribution in [-0.4, -0.2) is 47.0 Å². The summed E-state index contributed by atoms with van der Waals surface area (Å²) in [4.78, 5) is 4.63. The second-order valence-electron chi connectivity index (χ2n) is 6.32. The molecule has 166 valence electrons. The van der Waals surface area contributed by atoms with E-state index in [-0.39, 0.29) is 24.0 Å². The number of aliphatic imine (C=N–C) groups is 1. The van der Waals surface area contributed by atoms with Gasteiger partial charge in [0.15, 0.2) is 17.5 Å². The Bertz CT molecular complexity index is 772. The molecule has 2 aromatic rings. The van der Waals surface area contributed by atoms with Crippen LogP contribution in [0.4, 0.5) is 0 Å². The molecule has 0 atom stereocenters. The Morgan fingerprint density at radius 2 is 1.57 bits per heavy atom. The van der Waals surface area contributed by atoms with Gasteiger partial charge in [0, 0.05) is 6.54 Å². The summed E-state index contributed by atoms with van der Waals surface area (Å²) in [6.45, 7) is 6.48. The third kappa shape index (κ3) is 7.81. The topological polar surface area (TPSA) is 73.3 Å². The van der Waals surface area contributed by atoms with Gasteiger partial charge in [0.25, 0.3) is 0 Å². The van der Waals surface area contributed by atoms with Gasteiger partial charge in [0.05, 0.1) is 34.4 Å². The summed E-state index contributed by atoms with van der Waals surface area (Å²) >= 11 is 0. The number of benzene rings is 2. The van der Waals surface area contributed by atoms with Crippen molar-refractivity contribution in [1.82, 2.24) is 10.6 Å². The Hall–Kier alpha value is -2.36. The van der Waals surface area contributed by atoms with Gasteiger partial charge in [-0.2, -0.15) is 0 Å². The number of hydrogen-bond acceptors (Lipinski definition) is 5. The van der Waals surface area contributed by atoms with Gasteiger partial charge in [-0.25, -0.2) is 4.99 Å². The first-order chi connectivity index (χ1) is 14.1. The van der Waals surface area contributed by atoms with Crippen molar-refractivity contribution in [2.45, 2.75) is 20.4 Å². The SMILES string of the molecule is CCNC(=NCc1cc(OC)c(OC)c(OC)c1)NCCOc1ccc(C)cc1.I. The van der Waals surface area contributed by atoms with Crippen molar-refractivity contribution in [3.63, 3.8) is 0 Å². The number of nitrogens with one attached hydrogen (secondary N) is 2. The Morgan fingerprint density at radius 1 is 0.933 bits per heavy atom. The molecule has 7 nitrogen and oxygen atoms in total. The maximum atomic E-state index is 5.75. The second-order valence-corrected chi connectivity index (χ2v) is 6.32. The molecule has 0 aliphatic rings. The van der Waals surface area contributed by atoms with E-state index < -0.39 is 0 Å². The summed E-state index contributed by atoms with van der Waals surface area (Å²) in [6.07, 6.45) is 0. The van der Waals surface area contributed by atoms with E-state index in [0.29, 0.717) is 42.9 Å². The zero-order valence-corrected chi connectivity index (χ0v) is 20.6. The Morgan fingerprint density at radius 3 is 2.10 bits per heavy atom. The van der Waals surface area contributed by atoms with E-state index in [0.717, 1.165) is 17.9 Å². The summed E-state index contributed by atoms with van der Waals surface area (Å²) in [6, 6.07) is 11.8. The molecule has 0 saturated heterocycles. The van der Waals surface area contributed by atoms with Crippen molar-refractivity contribution in [3.05, 3.63) is 47.5 Å². The largest absolute Gasteiger partial charge is 0.493 e. The van der Waals surface area contributed by atoms with Gasteiger partial charge in [0.1, 0.15) is 12.4 Å². The number of aryl methyl sites for hydroxylation is 1. The van der Waals surface area contributed by atoms with E-state index in [4.69, 9.17) is 18.9 Å². The number of nitrogens with zero attached hydrogens (tertiary/aromatic N) is 1. The predicted molar refractivity (Wildman–Crippen MR) is 131 cm³/mol. The monoisotopic (exact) mass is 529 g/mol. The standard InChI is InChI=1S/C22H31N3O4.HI/c1-6-23-22(24-11-12-29-18-9-7-16(2)8-10-18)25-15-17-13-19(26-3)21(28-5)20(14-17)27-4;/h7-10,13-14H,6,11-12,15H2,1-5H3,(H2,23,24,25);1H. The predicted octanol–water partition coefficient (Wildman–Crippen LogP) is 3.77. The minimum absolute atomic E-state index is 0. The Labute approximate surface area is 196 Å². The van der Waals surface area contributed by atoms with Crippen LogP contribution in [0.15, 0.2) is 41.4 Å². The summed E-state index contributed by atoms with van der Waals surface area (Å²) in [5, 5.41) is 6.51. The summed E-state index contributed by atoms with van der Waals surface area (Å²) in [7, 11) is 4.79. The van der Waals surface area contributed by atoms with E-state index in [2.05, 4.69) is 22.5 Å². The van der Waals surface area contributed by atoms with Crippen molar-refractivity contribution >= 4 is 29.9 Å². The summed E-state index contributed by atoms with van der Waals surface area (Å²) in [5.74, 6) is 3.37. The van der Waals surface area contributed by atoms with Crippen LogP contribution >= 0.6 is 24.0 Å². The van der Waals surface area contributed by atoms with Crippen molar-refractivity contribution in [3.8, 4) is 23.0 Å². The molecule has 0 aromatic heterocycles. The molecule has 0 unspecified atom stereocenters. The molecule has 0 radical (unpaired) electrons. The second kappa shape index (κ2) is 13.8. The van der Waals surface area contributed by atoms with E-state index >= 15 is 0 Å². The lowest BCUT2D eigenvalue weighted by atomic mass is 10.2. The molecule has 0 spiro atoms. The molecule has 0 bridgehead atoms. The van der Waals surface area contributed by atoms with E-state index in [1.165, 1.54) is 5.56 Å². The minimum atomic E-state index is 0. The van der Waals surface area contributed by atoms with Gasteiger partial charge in [-0.1, -0.05) is 17.7 Å². The fourth-order valence-corrected chi connectivity index (χ4v) is 2.71. The van der Waals surface area contributed by atoms with E-state index in [9.17, 15) is 0 Å². The fraction of sp³-hybridized carbons (Fsp3) is 0.409. The highest BCUT2D eigenvalue weighted by Crippen LogP contribution is 2.38. The van der Waals surface area contributed by atoms with Gasteiger partial charge in [0.2, 0.25) is 5.75 Å². The van der Waals surface area contributed by atoms with E-state index in [1.54, 1.807) is 21.3 Å². The normalized spacial score (nSPS) is 10.6. The smallest absolute Gasteiger partial charge is 0.203 e. The van der Waals surface area contributed by atoms with Crippen molar-refractivity contribution < 1.29 is 18.9 Å². The highest BCUT2D eigenvalue weighted by Gasteiger charge is 2.13. The first-order valence-electron chi connectivity index (χ1n) is 9.61. The zero-order chi connectivity index (χ0) is 21.1. The molecular formula is C22H32IN3O4. The Kier molecular flexibility index (Phi) is 11.8. The summed E-state index contributed by atoms with van der Waals surface area (Å²) in [5.41, 5.74) is 2.16. The number of ether oxygens (including phenoxy) is 4.